The van der Waals surface area contributed by atoms with Crippen LogP contribution in [0, 0.1) is 0 Å². The Labute approximate surface area is 168 Å². The number of benzene rings is 2. The molecule has 8 nitrogen and oxygen atoms in total. The van der Waals surface area contributed by atoms with Gasteiger partial charge in [-0.25, -0.2) is 0 Å². The molecule has 0 fully saturated rings. The fraction of sp³-hybridized carbons (Fsp3) is 0.286. The highest BCUT2D eigenvalue weighted by Crippen LogP contribution is 2.33. The zero-order chi connectivity index (χ0) is 21.0. The molecule has 1 aliphatic rings. The number of ether oxygens (including phenoxy) is 1. The molecular weight excluding hydrogens is 374 g/mol. The minimum absolute atomic E-state index is 0.0337. The molecule has 1 heterocycles. The van der Waals surface area contributed by atoms with E-state index in [9.17, 15) is 14.4 Å². The smallest absolute Gasteiger partial charge is 0.303 e. The van der Waals surface area contributed by atoms with Gasteiger partial charge in [-0.2, -0.15) is 0 Å². The number of aliphatic carboxylic acids is 1. The van der Waals surface area contributed by atoms with E-state index in [1.807, 2.05) is 24.3 Å². The van der Waals surface area contributed by atoms with E-state index in [1.165, 1.54) is 4.90 Å². The van der Waals surface area contributed by atoms with E-state index in [0.29, 0.717) is 30.0 Å². The third-order valence-corrected chi connectivity index (χ3v) is 4.94. The molecule has 29 heavy (non-hydrogen) atoms. The number of carboxylic acids is 1. The first-order valence-corrected chi connectivity index (χ1v) is 9.25. The van der Waals surface area contributed by atoms with Crippen molar-refractivity contribution in [3.05, 3.63) is 64.7 Å². The predicted molar refractivity (Wildman–Crippen MR) is 105 cm³/mol. The molecule has 5 N–H and O–H groups in total. The quantitative estimate of drug-likeness (QED) is 0.585. The van der Waals surface area contributed by atoms with Gasteiger partial charge in [-0.3, -0.25) is 14.4 Å². The number of amides is 2. The lowest BCUT2D eigenvalue weighted by atomic mass is 10.1. The Morgan fingerprint density at radius 2 is 1.83 bits per heavy atom. The van der Waals surface area contributed by atoms with Crippen LogP contribution in [0.15, 0.2) is 42.5 Å². The van der Waals surface area contributed by atoms with Crippen molar-refractivity contribution in [3.8, 4) is 5.75 Å². The van der Waals surface area contributed by atoms with Crippen molar-refractivity contribution in [2.24, 2.45) is 11.5 Å². The highest BCUT2D eigenvalue weighted by atomic mass is 16.5. The number of nitrogens with two attached hydrogens (primary N) is 2. The molecule has 0 aromatic heterocycles. The van der Waals surface area contributed by atoms with Crippen molar-refractivity contribution >= 4 is 17.8 Å². The number of fused-ring (bicyclic) bond motifs is 1. The molecule has 0 saturated carbocycles. The first-order chi connectivity index (χ1) is 13.9. The van der Waals surface area contributed by atoms with E-state index < -0.39 is 17.9 Å². The van der Waals surface area contributed by atoms with E-state index in [0.717, 1.165) is 11.1 Å². The van der Waals surface area contributed by atoms with Crippen LogP contribution in [-0.2, 0) is 29.3 Å². The second kappa shape index (κ2) is 8.74. The first-order valence-electron chi connectivity index (χ1n) is 9.25. The van der Waals surface area contributed by atoms with E-state index in [-0.39, 0.29) is 25.3 Å². The Morgan fingerprint density at radius 3 is 2.45 bits per heavy atom. The third-order valence-electron chi connectivity index (χ3n) is 4.94. The molecule has 3 rings (SSSR count). The van der Waals surface area contributed by atoms with Gasteiger partial charge in [-0.1, -0.05) is 30.3 Å². The van der Waals surface area contributed by atoms with Gasteiger partial charge in [-0.05, 0) is 29.7 Å². The Hall–Kier alpha value is -3.39. The topological polar surface area (TPSA) is 136 Å². The van der Waals surface area contributed by atoms with Gasteiger partial charge in [0.15, 0.2) is 0 Å². The van der Waals surface area contributed by atoms with Crippen molar-refractivity contribution in [1.82, 2.24) is 4.90 Å². The zero-order valence-corrected chi connectivity index (χ0v) is 15.8. The van der Waals surface area contributed by atoms with Gasteiger partial charge in [0.2, 0.25) is 5.91 Å². The number of nitrogens with zero attached hydrogens (tertiary/aromatic N) is 1. The van der Waals surface area contributed by atoms with Crippen molar-refractivity contribution in [3.63, 3.8) is 0 Å². The van der Waals surface area contributed by atoms with Crippen LogP contribution >= 0.6 is 0 Å². The number of carboxylic acid groups (broad SMARTS) is 1. The lowest BCUT2D eigenvalue weighted by molar-refractivity contribution is -0.137. The van der Waals surface area contributed by atoms with E-state index in [1.54, 1.807) is 18.2 Å². The molecule has 1 atom stereocenters. The molecule has 0 spiro atoms. The predicted octanol–water partition coefficient (Wildman–Crippen LogP) is 1.40. The van der Waals surface area contributed by atoms with Crippen LogP contribution in [0.1, 0.15) is 39.9 Å². The van der Waals surface area contributed by atoms with E-state index in [2.05, 4.69) is 0 Å². The molecule has 152 valence electrons. The van der Waals surface area contributed by atoms with Gasteiger partial charge in [0.05, 0.1) is 6.54 Å². The summed E-state index contributed by atoms with van der Waals surface area (Å²) in [7, 11) is 0. The average molecular weight is 397 g/mol. The zero-order valence-electron chi connectivity index (χ0n) is 15.8. The second-order valence-corrected chi connectivity index (χ2v) is 6.88. The van der Waals surface area contributed by atoms with E-state index in [4.69, 9.17) is 21.3 Å². The Bertz CT molecular complexity index is 926. The van der Waals surface area contributed by atoms with Crippen molar-refractivity contribution in [2.45, 2.75) is 38.6 Å². The SMILES string of the molecule is NCc1ccc(COc2cccc3c2CN(C(CCC(=O)O)C(N)=O)C3=O)cc1. The lowest BCUT2D eigenvalue weighted by Crippen LogP contribution is -2.45. The summed E-state index contributed by atoms with van der Waals surface area (Å²) in [5, 5.41) is 8.90. The highest BCUT2D eigenvalue weighted by Gasteiger charge is 2.37. The maximum Gasteiger partial charge on any atom is 0.303 e. The number of hydrogen-bond donors (Lipinski definition) is 3. The summed E-state index contributed by atoms with van der Waals surface area (Å²) in [6.45, 7) is 0.922. The molecular formula is C21H23N3O5. The monoisotopic (exact) mass is 397 g/mol. The number of carbonyl (C=O) groups excluding carboxylic acids is 2. The number of rotatable bonds is 9. The van der Waals surface area contributed by atoms with Gasteiger partial charge in [0.25, 0.3) is 5.91 Å². The summed E-state index contributed by atoms with van der Waals surface area (Å²) in [5.41, 5.74) is 14.1. The summed E-state index contributed by atoms with van der Waals surface area (Å²) in [5.74, 6) is -1.59. The molecule has 0 aliphatic carbocycles. The number of primary amides is 1. The Morgan fingerprint density at radius 1 is 1.14 bits per heavy atom. The number of hydrogen-bond acceptors (Lipinski definition) is 5. The van der Waals surface area contributed by atoms with Gasteiger partial charge < -0.3 is 26.2 Å². The molecule has 2 amide bonds. The van der Waals surface area contributed by atoms with Gasteiger partial charge in [-0.15, -0.1) is 0 Å². The summed E-state index contributed by atoms with van der Waals surface area (Å²) >= 11 is 0. The fourth-order valence-corrected chi connectivity index (χ4v) is 3.36. The van der Waals surface area contributed by atoms with E-state index >= 15 is 0 Å². The summed E-state index contributed by atoms with van der Waals surface area (Å²) < 4.78 is 5.92. The Kier molecular flexibility index (Phi) is 6.13. The summed E-state index contributed by atoms with van der Waals surface area (Å²) in [6, 6.07) is 11.9. The van der Waals surface area contributed by atoms with Gasteiger partial charge in [0.1, 0.15) is 18.4 Å². The Balaban J connectivity index is 1.76. The van der Waals surface area contributed by atoms with Crippen LogP contribution in [0.25, 0.3) is 0 Å². The summed E-state index contributed by atoms with van der Waals surface area (Å²) in [4.78, 5) is 36.8. The number of carbonyl (C=O) groups is 3. The first kappa shape index (κ1) is 20.3. The molecule has 1 aliphatic heterocycles. The largest absolute Gasteiger partial charge is 0.489 e. The van der Waals surface area contributed by atoms with Gasteiger partial charge >= 0.3 is 5.97 Å². The van der Waals surface area contributed by atoms with Crippen molar-refractivity contribution < 1.29 is 24.2 Å². The van der Waals surface area contributed by atoms with Crippen molar-refractivity contribution in [2.75, 3.05) is 0 Å². The maximum absolute atomic E-state index is 12.8. The third kappa shape index (κ3) is 4.55. The fourth-order valence-electron chi connectivity index (χ4n) is 3.36. The lowest BCUT2D eigenvalue weighted by Gasteiger charge is -2.24. The molecule has 0 radical (unpaired) electrons. The molecule has 8 heteroatoms. The second-order valence-electron chi connectivity index (χ2n) is 6.88. The molecule has 2 aromatic rings. The van der Waals surface area contributed by atoms with Crippen LogP contribution in [0.4, 0.5) is 0 Å². The highest BCUT2D eigenvalue weighted by molar-refractivity contribution is 6.01. The van der Waals surface area contributed by atoms with Crippen LogP contribution < -0.4 is 16.2 Å². The summed E-state index contributed by atoms with van der Waals surface area (Å²) in [6.07, 6.45) is -0.288. The van der Waals surface area contributed by atoms with Gasteiger partial charge in [0, 0.05) is 24.1 Å². The minimum Gasteiger partial charge on any atom is -0.489 e. The minimum atomic E-state index is -1.05. The van der Waals surface area contributed by atoms with Crippen LogP contribution in [0.5, 0.6) is 5.75 Å². The van der Waals surface area contributed by atoms with Crippen LogP contribution in [0.2, 0.25) is 0 Å². The average Bonchev–Trinajstić information content (AvgIpc) is 3.03. The molecule has 1 unspecified atom stereocenters. The maximum atomic E-state index is 12.8. The van der Waals surface area contributed by atoms with Crippen molar-refractivity contribution in [1.29, 1.82) is 0 Å². The molecule has 2 aromatic carbocycles. The van der Waals surface area contributed by atoms with Crippen LogP contribution in [0.3, 0.4) is 0 Å². The molecule has 0 saturated heterocycles. The molecule has 0 bridgehead atoms. The normalized spacial score (nSPS) is 13.8. The van der Waals surface area contributed by atoms with Crippen LogP contribution in [-0.4, -0.2) is 33.8 Å². The standard InChI is InChI=1S/C21H23N3O5/c22-10-13-4-6-14(7-5-13)12-29-18-3-1-2-15-16(18)11-24(21(15)28)17(20(23)27)8-9-19(25)26/h1-7,17H,8-12,22H2,(H2,23,27)(H,25,26).